The zero-order valence-electron chi connectivity index (χ0n) is 20.6. The summed E-state index contributed by atoms with van der Waals surface area (Å²) >= 11 is 8.28. The van der Waals surface area contributed by atoms with Crippen LogP contribution in [0.4, 0.5) is 0 Å². The second kappa shape index (κ2) is 8.78. The maximum atomic E-state index is 4.82. The van der Waals surface area contributed by atoms with Crippen molar-refractivity contribution in [1.82, 2.24) is 9.97 Å². The van der Waals surface area contributed by atoms with Crippen LogP contribution in [0.2, 0.25) is 0 Å². The zero-order chi connectivity index (χ0) is 24.2. The molecule has 174 valence electrons. The van der Waals surface area contributed by atoms with E-state index in [4.69, 9.17) is 17.6 Å². The Balaban J connectivity index is 1.74. The van der Waals surface area contributed by atoms with Crippen molar-refractivity contribution < 1.29 is 0 Å². The monoisotopic (exact) mass is 502 g/mol. The van der Waals surface area contributed by atoms with Crippen molar-refractivity contribution in [3.05, 3.63) is 64.1 Å². The van der Waals surface area contributed by atoms with E-state index in [9.17, 15) is 0 Å². The van der Waals surface area contributed by atoms with Crippen LogP contribution in [0.15, 0.2) is 53.0 Å². The number of aromatic nitrogens is 2. The van der Waals surface area contributed by atoms with Gasteiger partial charge in [-0.25, -0.2) is 9.97 Å². The summed E-state index contributed by atoms with van der Waals surface area (Å²) < 4.78 is 2.62. The molecule has 0 fully saturated rings. The molecular formula is C29H30N2S3. The second-order valence-corrected chi connectivity index (χ2v) is 13.1. The Hall–Kier alpha value is -2.21. The van der Waals surface area contributed by atoms with Crippen LogP contribution in [0.25, 0.3) is 47.2 Å². The van der Waals surface area contributed by atoms with Gasteiger partial charge in [-0.15, -0.1) is 35.3 Å². The molecule has 3 aromatic heterocycles. The number of thiophene rings is 2. The molecule has 0 spiro atoms. The summed E-state index contributed by atoms with van der Waals surface area (Å²) in [5, 5.41) is 5.85. The standard InChI is InChI=1S/C29H30N2S3/c1-16(2)11-22(17(3)32)18-7-8-21-24(14-18)34-28-25(21)26(30-15-31-28)20-12-19-9-10-33-27(19)23(13-20)29(4,5)6/h7-10,12-16,32H,11H2,1-6H3/b22-17-. The number of benzene rings is 2. The van der Waals surface area contributed by atoms with Crippen molar-refractivity contribution in [1.29, 1.82) is 0 Å². The average Bonchev–Trinajstić information content (AvgIpc) is 3.39. The Morgan fingerprint density at radius 2 is 1.85 bits per heavy atom. The quantitative estimate of drug-likeness (QED) is 0.247. The van der Waals surface area contributed by atoms with Gasteiger partial charge < -0.3 is 0 Å². The summed E-state index contributed by atoms with van der Waals surface area (Å²) in [7, 11) is 0. The number of thiol groups is 1. The number of nitrogens with zero attached hydrogens (tertiary/aromatic N) is 2. The number of rotatable bonds is 4. The highest BCUT2D eigenvalue weighted by Gasteiger charge is 2.21. The van der Waals surface area contributed by atoms with Crippen LogP contribution >= 0.6 is 35.3 Å². The molecular weight excluding hydrogens is 473 g/mol. The van der Waals surface area contributed by atoms with Crippen LogP contribution in [-0.2, 0) is 5.41 Å². The first kappa shape index (κ1) is 23.5. The molecule has 0 aliphatic carbocycles. The predicted octanol–water partition coefficient (Wildman–Crippen LogP) is 9.73. The van der Waals surface area contributed by atoms with Crippen LogP contribution in [0.3, 0.4) is 0 Å². The molecule has 0 N–H and O–H groups in total. The van der Waals surface area contributed by atoms with E-state index >= 15 is 0 Å². The van der Waals surface area contributed by atoms with Gasteiger partial charge in [0.05, 0.1) is 5.69 Å². The van der Waals surface area contributed by atoms with E-state index in [1.54, 1.807) is 17.7 Å². The van der Waals surface area contributed by atoms with Crippen molar-refractivity contribution in [3.8, 4) is 11.3 Å². The van der Waals surface area contributed by atoms with E-state index in [2.05, 4.69) is 88.3 Å². The molecule has 0 saturated heterocycles. The summed E-state index contributed by atoms with van der Waals surface area (Å²) in [5.41, 5.74) is 6.19. The van der Waals surface area contributed by atoms with Crippen LogP contribution in [0.5, 0.6) is 0 Å². The average molecular weight is 503 g/mol. The summed E-state index contributed by atoms with van der Waals surface area (Å²) in [6.07, 6.45) is 2.73. The molecule has 0 aliphatic heterocycles. The number of hydrogen-bond acceptors (Lipinski definition) is 5. The Labute approximate surface area is 215 Å². The van der Waals surface area contributed by atoms with Crippen LogP contribution in [-0.4, -0.2) is 9.97 Å². The zero-order valence-corrected chi connectivity index (χ0v) is 23.1. The molecule has 0 unspecified atom stereocenters. The predicted molar refractivity (Wildman–Crippen MR) is 155 cm³/mol. The van der Waals surface area contributed by atoms with Gasteiger partial charge >= 0.3 is 0 Å². The van der Waals surface area contributed by atoms with Crippen molar-refractivity contribution in [3.63, 3.8) is 0 Å². The van der Waals surface area contributed by atoms with Crippen molar-refractivity contribution in [2.24, 2.45) is 5.92 Å². The third kappa shape index (κ3) is 4.19. The minimum atomic E-state index is 0.0563. The second-order valence-electron chi connectivity index (χ2n) is 10.5. The summed E-state index contributed by atoms with van der Waals surface area (Å²) in [6, 6.07) is 13.6. The van der Waals surface area contributed by atoms with Gasteiger partial charge in [0.25, 0.3) is 0 Å². The first-order chi connectivity index (χ1) is 16.1. The van der Waals surface area contributed by atoms with Crippen molar-refractivity contribution >= 4 is 71.3 Å². The SMILES string of the molecule is C/C(S)=C(\CC(C)C)c1ccc2c(c1)sc1ncnc(-c3cc(C(C)(C)C)c4sccc4c3)c12. The lowest BCUT2D eigenvalue weighted by Gasteiger charge is -2.21. The molecule has 2 nitrogen and oxygen atoms in total. The highest BCUT2D eigenvalue weighted by atomic mass is 32.1. The largest absolute Gasteiger partial charge is 0.236 e. The van der Waals surface area contributed by atoms with Gasteiger partial charge in [0.2, 0.25) is 0 Å². The minimum absolute atomic E-state index is 0.0563. The first-order valence-electron chi connectivity index (χ1n) is 11.7. The van der Waals surface area contributed by atoms with Crippen molar-refractivity contribution in [2.75, 3.05) is 0 Å². The normalized spacial score (nSPS) is 13.4. The number of allylic oxidation sites excluding steroid dienone is 2. The molecule has 0 radical (unpaired) electrons. The summed E-state index contributed by atoms with van der Waals surface area (Å²) in [4.78, 5) is 11.6. The Bertz CT molecular complexity index is 1560. The molecule has 0 saturated carbocycles. The van der Waals surface area contributed by atoms with E-state index in [1.165, 1.54) is 42.4 Å². The fourth-order valence-electron chi connectivity index (χ4n) is 4.67. The van der Waals surface area contributed by atoms with Crippen molar-refractivity contribution in [2.45, 2.75) is 53.4 Å². The maximum absolute atomic E-state index is 4.82. The molecule has 2 aromatic carbocycles. The highest BCUT2D eigenvalue weighted by Crippen LogP contribution is 2.42. The van der Waals surface area contributed by atoms with Gasteiger partial charge in [-0.05, 0) is 81.3 Å². The van der Waals surface area contributed by atoms with Gasteiger partial charge in [0.15, 0.2) is 0 Å². The van der Waals surface area contributed by atoms with E-state index in [1.807, 2.05) is 11.3 Å². The number of hydrogen-bond donors (Lipinski definition) is 1. The van der Waals surface area contributed by atoms with E-state index in [0.717, 1.165) is 27.2 Å². The van der Waals surface area contributed by atoms with E-state index < -0.39 is 0 Å². The number of fused-ring (bicyclic) bond motifs is 4. The van der Waals surface area contributed by atoms with Gasteiger partial charge in [-0.3, -0.25) is 0 Å². The maximum Gasteiger partial charge on any atom is 0.128 e. The Morgan fingerprint density at radius 3 is 2.56 bits per heavy atom. The van der Waals surface area contributed by atoms with Gasteiger partial charge in [0.1, 0.15) is 11.2 Å². The lowest BCUT2D eigenvalue weighted by atomic mass is 9.85. The van der Waals surface area contributed by atoms with Crippen LogP contribution in [0.1, 0.15) is 59.1 Å². The topological polar surface area (TPSA) is 25.8 Å². The third-order valence-corrected chi connectivity index (χ3v) is 8.59. The lowest BCUT2D eigenvalue weighted by Crippen LogP contribution is -2.11. The summed E-state index contributed by atoms with van der Waals surface area (Å²) in [6.45, 7) is 13.5. The Morgan fingerprint density at radius 1 is 1.06 bits per heavy atom. The lowest BCUT2D eigenvalue weighted by molar-refractivity contribution is 0.597. The highest BCUT2D eigenvalue weighted by molar-refractivity contribution is 7.84. The molecule has 0 aliphatic rings. The third-order valence-electron chi connectivity index (χ3n) is 6.30. The van der Waals surface area contributed by atoms with E-state index in [0.29, 0.717) is 5.92 Å². The molecule has 34 heavy (non-hydrogen) atoms. The molecule has 5 heteroatoms. The fraction of sp³-hybridized carbons (Fsp3) is 0.310. The van der Waals surface area contributed by atoms with Crippen LogP contribution in [0, 0.1) is 5.92 Å². The molecule has 0 amide bonds. The fourth-order valence-corrected chi connectivity index (χ4v) is 7.08. The molecule has 5 aromatic rings. The minimum Gasteiger partial charge on any atom is -0.236 e. The Kier molecular flexibility index (Phi) is 6.07. The van der Waals surface area contributed by atoms with E-state index in [-0.39, 0.29) is 5.41 Å². The molecule has 5 rings (SSSR count). The van der Waals surface area contributed by atoms with Gasteiger partial charge in [0, 0.05) is 25.7 Å². The van der Waals surface area contributed by atoms with Crippen LogP contribution < -0.4 is 0 Å². The molecule has 0 atom stereocenters. The van der Waals surface area contributed by atoms with Gasteiger partial charge in [-0.2, -0.15) is 0 Å². The van der Waals surface area contributed by atoms with Gasteiger partial charge in [-0.1, -0.05) is 46.8 Å². The summed E-state index contributed by atoms with van der Waals surface area (Å²) in [5.74, 6) is 0.580. The first-order valence-corrected chi connectivity index (χ1v) is 13.9. The smallest absolute Gasteiger partial charge is 0.128 e. The molecule has 3 heterocycles. The molecule has 0 bridgehead atoms.